The van der Waals surface area contributed by atoms with Gasteiger partial charge in [0.15, 0.2) is 0 Å². The highest BCUT2D eigenvalue weighted by Gasteiger charge is 2.28. The first-order valence-electron chi connectivity index (χ1n) is 9.43. The van der Waals surface area contributed by atoms with Crippen LogP contribution in [0.25, 0.3) is 0 Å². The molecule has 2 amide bonds. The molecule has 1 heterocycles. The number of piperazine rings is 1. The predicted octanol–water partition coefficient (Wildman–Crippen LogP) is 3.16. The maximum absolute atomic E-state index is 13.1. The van der Waals surface area contributed by atoms with Crippen molar-refractivity contribution in [3.63, 3.8) is 0 Å². The van der Waals surface area contributed by atoms with Gasteiger partial charge in [-0.3, -0.25) is 9.59 Å². The quantitative estimate of drug-likeness (QED) is 0.856. The van der Waals surface area contributed by atoms with Crippen molar-refractivity contribution in [3.8, 4) is 0 Å². The van der Waals surface area contributed by atoms with E-state index in [1.807, 2.05) is 4.90 Å². The highest BCUT2D eigenvalue weighted by atomic mass is 35.5. The van der Waals surface area contributed by atoms with Crippen molar-refractivity contribution in [2.75, 3.05) is 33.7 Å². The molecule has 0 saturated carbocycles. The summed E-state index contributed by atoms with van der Waals surface area (Å²) in [5, 5.41) is 3.39. The molecule has 1 aliphatic heterocycles. The van der Waals surface area contributed by atoms with Crippen LogP contribution < -0.4 is 5.32 Å². The standard InChI is InChI=1S/C22H27N3O2.ClH/c1-4-16-5-7-17(8-6-16)20-15-23-13-14-25(20)22(27)19-11-9-18(10-12-19)21(26)24(2)3;/h5-12,20,23H,4,13-15H2,1-3H3;1H. The Morgan fingerprint density at radius 1 is 1.04 bits per heavy atom. The number of aryl methyl sites for hydroxylation is 1. The summed E-state index contributed by atoms with van der Waals surface area (Å²) in [6.45, 7) is 4.33. The molecule has 28 heavy (non-hydrogen) atoms. The minimum atomic E-state index is -0.0648. The van der Waals surface area contributed by atoms with Crippen molar-refractivity contribution in [3.05, 3.63) is 70.8 Å². The van der Waals surface area contributed by atoms with Crippen LogP contribution >= 0.6 is 12.4 Å². The highest BCUT2D eigenvalue weighted by molar-refractivity contribution is 5.97. The average Bonchev–Trinajstić information content (AvgIpc) is 2.73. The monoisotopic (exact) mass is 401 g/mol. The van der Waals surface area contributed by atoms with Gasteiger partial charge >= 0.3 is 0 Å². The number of hydrogen-bond donors (Lipinski definition) is 1. The van der Waals surface area contributed by atoms with E-state index in [1.165, 1.54) is 10.5 Å². The van der Waals surface area contributed by atoms with E-state index in [9.17, 15) is 9.59 Å². The van der Waals surface area contributed by atoms with Crippen LogP contribution in [0.15, 0.2) is 48.5 Å². The van der Waals surface area contributed by atoms with E-state index in [-0.39, 0.29) is 30.3 Å². The molecular formula is C22H28ClN3O2. The van der Waals surface area contributed by atoms with Gasteiger partial charge < -0.3 is 15.1 Å². The molecule has 0 radical (unpaired) electrons. The lowest BCUT2D eigenvalue weighted by molar-refractivity contribution is 0.0633. The molecule has 2 aromatic rings. The number of carbonyl (C=O) groups is 2. The molecule has 3 rings (SSSR count). The van der Waals surface area contributed by atoms with Gasteiger partial charge in [-0.05, 0) is 41.8 Å². The van der Waals surface area contributed by atoms with Crippen molar-refractivity contribution < 1.29 is 9.59 Å². The van der Waals surface area contributed by atoms with E-state index < -0.39 is 0 Å². The van der Waals surface area contributed by atoms with Crippen LogP contribution in [0.1, 0.15) is 44.8 Å². The highest BCUT2D eigenvalue weighted by Crippen LogP contribution is 2.25. The molecule has 150 valence electrons. The molecule has 1 atom stereocenters. The molecule has 0 bridgehead atoms. The zero-order valence-corrected chi connectivity index (χ0v) is 17.5. The third-order valence-electron chi connectivity index (χ3n) is 5.06. The van der Waals surface area contributed by atoms with E-state index >= 15 is 0 Å². The molecule has 5 nitrogen and oxygen atoms in total. The van der Waals surface area contributed by atoms with Crippen molar-refractivity contribution in [1.82, 2.24) is 15.1 Å². The van der Waals surface area contributed by atoms with Crippen molar-refractivity contribution in [2.45, 2.75) is 19.4 Å². The third-order valence-corrected chi connectivity index (χ3v) is 5.06. The molecule has 1 aliphatic rings. The third kappa shape index (κ3) is 4.72. The summed E-state index contributed by atoms with van der Waals surface area (Å²) >= 11 is 0. The van der Waals surface area contributed by atoms with Crippen LogP contribution in [-0.4, -0.2) is 55.3 Å². The zero-order valence-electron chi connectivity index (χ0n) is 16.6. The molecule has 6 heteroatoms. The Morgan fingerprint density at radius 2 is 1.64 bits per heavy atom. The van der Waals surface area contributed by atoms with Crippen molar-refractivity contribution >= 4 is 24.2 Å². The van der Waals surface area contributed by atoms with Crippen LogP contribution in [0.4, 0.5) is 0 Å². The van der Waals surface area contributed by atoms with Crippen LogP contribution in [0.2, 0.25) is 0 Å². The van der Waals surface area contributed by atoms with Gasteiger partial charge in [0.05, 0.1) is 6.04 Å². The molecule has 0 spiro atoms. The van der Waals surface area contributed by atoms with E-state index in [1.54, 1.807) is 38.4 Å². The molecule has 1 fully saturated rings. The summed E-state index contributed by atoms with van der Waals surface area (Å²) in [4.78, 5) is 28.6. The normalized spacial score (nSPS) is 16.2. The fraction of sp³-hybridized carbons (Fsp3) is 0.364. The Bertz CT molecular complexity index is 804. The van der Waals surface area contributed by atoms with Gasteiger partial charge in [-0.2, -0.15) is 0 Å². The summed E-state index contributed by atoms with van der Waals surface area (Å²) in [6, 6.07) is 15.5. The fourth-order valence-corrected chi connectivity index (χ4v) is 3.40. The number of halogens is 1. The van der Waals surface area contributed by atoms with Gasteiger partial charge in [0.2, 0.25) is 0 Å². The predicted molar refractivity (Wildman–Crippen MR) is 114 cm³/mol. The van der Waals surface area contributed by atoms with E-state index in [0.717, 1.165) is 25.1 Å². The summed E-state index contributed by atoms with van der Waals surface area (Å²) in [5.41, 5.74) is 3.64. The van der Waals surface area contributed by atoms with Crippen molar-refractivity contribution in [1.29, 1.82) is 0 Å². The first-order chi connectivity index (χ1) is 13.0. The molecule has 0 aliphatic carbocycles. The Labute approximate surface area is 173 Å². The Kier molecular flexibility index (Phi) is 7.61. The van der Waals surface area contributed by atoms with E-state index in [4.69, 9.17) is 0 Å². The Morgan fingerprint density at radius 3 is 2.21 bits per heavy atom. The van der Waals surface area contributed by atoms with Gasteiger partial charge in [-0.15, -0.1) is 12.4 Å². The minimum Gasteiger partial charge on any atom is -0.345 e. The maximum Gasteiger partial charge on any atom is 0.254 e. The Hall–Kier alpha value is -2.37. The summed E-state index contributed by atoms with van der Waals surface area (Å²) in [5.74, 6) is -0.0602. The van der Waals surface area contributed by atoms with Crippen LogP contribution in [0.3, 0.4) is 0 Å². The van der Waals surface area contributed by atoms with Gasteiger partial charge in [-0.1, -0.05) is 31.2 Å². The number of benzene rings is 2. The number of rotatable bonds is 4. The average molecular weight is 402 g/mol. The maximum atomic E-state index is 13.1. The lowest BCUT2D eigenvalue weighted by Crippen LogP contribution is -2.48. The number of hydrogen-bond acceptors (Lipinski definition) is 3. The molecule has 2 aromatic carbocycles. The first kappa shape index (κ1) is 21.9. The molecule has 1 N–H and O–H groups in total. The topological polar surface area (TPSA) is 52.7 Å². The number of amides is 2. The van der Waals surface area contributed by atoms with Gasteiger partial charge in [0, 0.05) is 44.9 Å². The molecule has 1 unspecified atom stereocenters. The summed E-state index contributed by atoms with van der Waals surface area (Å²) < 4.78 is 0. The lowest BCUT2D eigenvalue weighted by atomic mass is 9.99. The Balaban J connectivity index is 0.00000280. The SMILES string of the molecule is CCc1ccc(C2CNCCN2C(=O)c2ccc(C(=O)N(C)C)cc2)cc1.Cl. The largest absolute Gasteiger partial charge is 0.345 e. The number of carbonyl (C=O) groups excluding carboxylic acids is 2. The fourth-order valence-electron chi connectivity index (χ4n) is 3.40. The second kappa shape index (κ2) is 9.71. The van der Waals surface area contributed by atoms with Gasteiger partial charge in [-0.25, -0.2) is 0 Å². The summed E-state index contributed by atoms with van der Waals surface area (Å²) in [6.07, 6.45) is 1.00. The second-order valence-electron chi connectivity index (χ2n) is 7.09. The lowest BCUT2D eigenvalue weighted by Gasteiger charge is -2.36. The molecule has 0 aromatic heterocycles. The van der Waals surface area contributed by atoms with Crippen molar-refractivity contribution in [2.24, 2.45) is 0 Å². The minimum absolute atomic E-state index is 0. The number of nitrogens with zero attached hydrogens (tertiary/aromatic N) is 2. The van der Waals surface area contributed by atoms with Gasteiger partial charge in [0.1, 0.15) is 0 Å². The van der Waals surface area contributed by atoms with Crippen LogP contribution in [-0.2, 0) is 6.42 Å². The van der Waals surface area contributed by atoms with E-state index in [0.29, 0.717) is 17.7 Å². The number of nitrogens with one attached hydrogen (secondary N) is 1. The van der Waals surface area contributed by atoms with Gasteiger partial charge in [0.25, 0.3) is 11.8 Å². The summed E-state index contributed by atoms with van der Waals surface area (Å²) in [7, 11) is 3.44. The molecule has 1 saturated heterocycles. The zero-order chi connectivity index (χ0) is 19.4. The molecular weight excluding hydrogens is 374 g/mol. The first-order valence-corrected chi connectivity index (χ1v) is 9.43. The van der Waals surface area contributed by atoms with Crippen LogP contribution in [0.5, 0.6) is 0 Å². The smallest absolute Gasteiger partial charge is 0.254 e. The van der Waals surface area contributed by atoms with E-state index in [2.05, 4.69) is 36.5 Å². The van der Waals surface area contributed by atoms with Crippen LogP contribution in [0, 0.1) is 0 Å². The second-order valence-corrected chi connectivity index (χ2v) is 7.09.